The lowest BCUT2D eigenvalue weighted by atomic mass is 9.80. The molecule has 6 heterocycles. The molecule has 13 aromatic carbocycles. The standard InChI is InChI=1S/C104H88N8O12/c1-65(75-25-15-43-105-63-75)57-85(103(119)109-49-45-107(46-50-109)53-55-113)111-99(115)81-59-87(121-77-35-27-71(28-36-77)67-17-7-3-8-18-67)93-95-89(123-79-39-31-73(32-40-79)69-21-11-5-12-22-69)61-83-92-84(102(118)112(101(83)117)86(58-66(2)76-26-16-44-106-64-76)104(120)110-51-47-108(48-52-110)54-56-114)62-90(124-80-41-33-74(34-42-80)70-23-13-6-14-24-70)96(98(92)95)94-88(60-82(100(111)116)91(81)97(93)94)122-78-37-29-72(30-38-78)68-19-9-4-10-20-68/h3-44,59-66,85-86,113-114H,45-58H2,1-2H3. The first kappa shape index (κ1) is 79.5. The summed E-state index contributed by atoms with van der Waals surface area (Å²) in [7, 11) is 0. The summed E-state index contributed by atoms with van der Waals surface area (Å²) in [6.07, 6.45) is 6.78. The molecule has 0 spiro atoms. The van der Waals surface area contributed by atoms with E-state index in [1.54, 1.807) is 58.9 Å². The van der Waals surface area contributed by atoms with Crippen molar-refractivity contribution >= 4 is 78.5 Å². The fourth-order valence-electron chi connectivity index (χ4n) is 18.3. The number of amides is 6. The number of carbonyl (C=O) groups is 6. The Hall–Kier alpha value is -14.3. The van der Waals surface area contributed by atoms with Gasteiger partial charge in [-0.3, -0.25) is 58.3 Å². The number of benzene rings is 13. The lowest BCUT2D eigenvalue weighted by Gasteiger charge is -2.40. The van der Waals surface area contributed by atoms with E-state index in [9.17, 15) is 10.2 Å². The third kappa shape index (κ3) is 15.2. The minimum atomic E-state index is -1.40. The molecule has 15 aromatic rings. The number of hydrogen-bond donors (Lipinski definition) is 2. The zero-order valence-corrected chi connectivity index (χ0v) is 68.5. The Morgan fingerprint density at radius 1 is 0.323 bits per heavy atom. The Labute approximate surface area is 716 Å². The summed E-state index contributed by atoms with van der Waals surface area (Å²) in [6.45, 7) is 7.38. The van der Waals surface area contributed by atoms with Crippen molar-refractivity contribution in [2.75, 3.05) is 78.7 Å². The van der Waals surface area contributed by atoms with Crippen LogP contribution in [-0.2, 0) is 9.59 Å². The number of aliphatic hydroxyl groups is 2. The van der Waals surface area contributed by atoms with Gasteiger partial charge in [-0.15, -0.1) is 0 Å². The highest BCUT2D eigenvalue weighted by Crippen LogP contribution is 2.59. The van der Waals surface area contributed by atoms with Crippen LogP contribution < -0.4 is 18.9 Å². The minimum Gasteiger partial charge on any atom is -0.457 e. The summed E-state index contributed by atoms with van der Waals surface area (Å²) in [5.41, 5.74) is 8.89. The predicted octanol–water partition coefficient (Wildman–Crippen LogP) is 19.0. The average molecular weight is 1640 g/mol. The van der Waals surface area contributed by atoms with Gasteiger partial charge in [0.2, 0.25) is 11.8 Å². The van der Waals surface area contributed by atoms with Crippen molar-refractivity contribution < 1.29 is 57.9 Å². The van der Waals surface area contributed by atoms with E-state index in [2.05, 4.69) is 19.8 Å². The Balaban J connectivity index is 0.919. The molecule has 4 aliphatic rings. The number of rotatable bonds is 26. The number of nitrogens with zero attached hydrogens (tertiary/aromatic N) is 8. The maximum atomic E-state index is 17.1. The molecule has 19 rings (SSSR count). The van der Waals surface area contributed by atoms with E-state index < -0.39 is 59.4 Å². The molecule has 2 N–H and O–H groups in total. The number of ether oxygens (including phenoxy) is 4. The molecule has 0 bridgehead atoms. The van der Waals surface area contributed by atoms with Crippen molar-refractivity contribution in [3.05, 3.63) is 325 Å². The number of piperazine rings is 2. The van der Waals surface area contributed by atoms with Crippen molar-refractivity contribution in [2.45, 2.75) is 50.6 Å². The first-order valence-corrected chi connectivity index (χ1v) is 42.2. The number of imide groups is 2. The van der Waals surface area contributed by atoms with Crippen LogP contribution in [0.5, 0.6) is 46.0 Å². The van der Waals surface area contributed by atoms with Gasteiger partial charge in [0, 0.05) is 133 Å². The number of pyridine rings is 2. The highest BCUT2D eigenvalue weighted by atomic mass is 16.5. The molecule has 0 radical (unpaired) electrons. The van der Waals surface area contributed by atoms with E-state index in [-0.39, 0.29) is 141 Å². The Morgan fingerprint density at radius 2 is 0.581 bits per heavy atom. The van der Waals surface area contributed by atoms with Crippen LogP contribution in [0.15, 0.2) is 292 Å². The van der Waals surface area contributed by atoms with E-state index in [1.807, 2.05) is 257 Å². The van der Waals surface area contributed by atoms with Crippen molar-refractivity contribution in [1.29, 1.82) is 0 Å². The highest BCUT2D eigenvalue weighted by molar-refractivity contribution is 6.45. The Morgan fingerprint density at radius 3 is 0.823 bits per heavy atom. The smallest absolute Gasteiger partial charge is 0.262 e. The molecule has 0 saturated carbocycles. The van der Waals surface area contributed by atoms with Crippen LogP contribution in [0.3, 0.4) is 0 Å². The molecular formula is C104H88N8O12. The largest absolute Gasteiger partial charge is 0.457 e. The van der Waals surface area contributed by atoms with Crippen LogP contribution in [0.25, 0.3) is 87.6 Å². The molecule has 20 nitrogen and oxygen atoms in total. The first-order valence-electron chi connectivity index (χ1n) is 42.2. The monoisotopic (exact) mass is 1640 g/mol. The van der Waals surface area contributed by atoms with Gasteiger partial charge in [-0.25, -0.2) is 0 Å². The van der Waals surface area contributed by atoms with Gasteiger partial charge in [0.1, 0.15) is 58.1 Å². The number of carbonyl (C=O) groups excluding carboxylic acids is 6. The van der Waals surface area contributed by atoms with E-state index in [0.29, 0.717) is 62.3 Å². The van der Waals surface area contributed by atoms with Crippen molar-refractivity contribution in [1.82, 2.24) is 39.4 Å². The fourth-order valence-corrected chi connectivity index (χ4v) is 18.3. The number of β-amino-alcohol motifs (C(OH)–C–C–N with tert-alkyl or cyclic N) is 2. The third-order valence-electron chi connectivity index (χ3n) is 24.8. The summed E-state index contributed by atoms with van der Waals surface area (Å²) in [5.74, 6) is -3.31. The number of aliphatic hydroxyl groups excluding tert-OH is 2. The number of fused-ring (bicyclic) bond motifs is 2. The fraction of sp³-hybridized carbons (Fsp3) is 0.192. The molecule has 2 saturated heterocycles. The summed E-state index contributed by atoms with van der Waals surface area (Å²) >= 11 is 0. The molecule has 2 fully saturated rings. The van der Waals surface area contributed by atoms with E-state index in [1.165, 1.54) is 0 Å². The SMILES string of the molecule is CC(CC(C(=O)N1CCN(CCO)CC1)N1C(=O)c2cc(Oc3ccc(-c4ccccc4)cc3)c3c4c(Oc5ccc(-c6ccccc6)cc5)cc5c6c(cc(Oc7ccc(-c8ccccc8)cc7)c(c7c(Oc8ccc(-c9ccccc9)cc8)cc(c2c37)C1=O)c64)C(=O)N(C(CC(C)c1cccnc1)C(=O)N1CCN(CCO)CC1)C5=O)c1cccnc1. The molecule has 124 heavy (non-hydrogen) atoms. The number of aromatic nitrogens is 2. The van der Waals surface area contributed by atoms with Crippen LogP contribution in [0, 0.1) is 0 Å². The molecule has 4 atom stereocenters. The topological polar surface area (TPSA) is 225 Å². The molecular weight excluding hydrogens is 1550 g/mol. The van der Waals surface area contributed by atoms with Crippen LogP contribution >= 0.6 is 0 Å². The summed E-state index contributed by atoms with van der Waals surface area (Å²) in [4.78, 5) is 119. The second-order valence-corrected chi connectivity index (χ2v) is 32.3. The zero-order valence-electron chi connectivity index (χ0n) is 68.5. The van der Waals surface area contributed by atoms with Crippen molar-refractivity contribution in [2.24, 2.45) is 0 Å². The van der Waals surface area contributed by atoms with E-state index in [0.717, 1.165) is 65.4 Å². The summed E-state index contributed by atoms with van der Waals surface area (Å²) in [6, 6.07) is 81.0. The second kappa shape index (κ2) is 34.3. The second-order valence-electron chi connectivity index (χ2n) is 32.3. The third-order valence-corrected chi connectivity index (χ3v) is 24.8. The molecule has 616 valence electrons. The van der Waals surface area contributed by atoms with Gasteiger partial charge in [-0.1, -0.05) is 196 Å². The summed E-state index contributed by atoms with van der Waals surface area (Å²) in [5, 5.41) is 22.1. The van der Waals surface area contributed by atoms with E-state index in [4.69, 9.17) is 18.9 Å². The van der Waals surface area contributed by atoms with Gasteiger partial charge in [-0.2, -0.15) is 0 Å². The molecule has 4 aliphatic heterocycles. The van der Waals surface area contributed by atoms with Gasteiger partial charge >= 0.3 is 0 Å². The number of hydrogen-bond acceptors (Lipinski definition) is 16. The van der Waals surface area contributed by atoms with Crippen LogP contribution in [-0.4, -0.2) is 176 Å². The van der Waals surface area contributed by atoms with Gasteiger partial charge in [0.05, 0.1) is 35.5 Å². The minimum absolute atomic E-state index is 0.00241. The van der Waals surface area contributed by atoms with E-state index >= 15 is 28.8 Å². The molecule has 4 unspecified atom stereocenters. The van der Waals surface area contributed by atoms with Crippen LogP contribution in [0.1, 0.15) is 91.1 Å². The lowest BCUT2D eigenvalue weighted by molar-refractivity contribution is -0.138. The predicted molar refractivity (Wildman–Crippen MR) is 479 cm³/mol. The van der Waals surface area contributed by atoms with Crippen molar-refractivity contribution in [3.8, 4) is 90.5 Å². The zero-order chi connectivity index (χ0) is 84.6. The van der Waals surface area contributed by atoms with Gasteiger partial charge in [0.25, 0.3) is 23.6 Å². The Bertz CT molecular complexity index is 5830. The highest BCUT2D eigenvalue weighted by Gasteiger charge is 2.49. The van der Waals surface area contributed by atoms with Gasteiger partial charge in [0.15, 0.2) is 0 Å². The average Bonchev–Trinajstić information content (AvgIpc) is 0.669. The molecule has 0 aliphatic carbocycles. The van der Waals surface area contributed by atoms with Crippen LogP contribution in [0.4, 0.5) is 0 Å². The quantitative estimate of drug-likeness (QED) is 0.0292. The first-order chi connectivity index (χ1) is 60.7. The molecule has 6 amide bonds. The lowest BCUT2D eigenvalue weighted by Crippen LogP contribution is -2.58. The Kier molecular flexibility index (Phi) is 22.0. The normalized spacial score (nSPS) is 15.4. The van der Waals surface area contributed by atoms with Crippen LogP contribution in [0.2, 0.25) is 0 Å². The maximum Gasteiger partial charge on any atom is 0.262 e. The molecule has 2 aromatic heterocycles. The maximum absolute atomic E-state index is 17.1. The van der Waals surface area contributed by atoms with Gasteiger partial charge in [-0.05, 0) is 165 Å². The summed E-state index contributed by atoms with van der Waals surface area (Å²) < 4.78 is 30.2. The van der Waals surface area contributed by atoms with Gasteiger partial charge < -0.3 is 39.0 Å². The van der Waals surface area contributed by atoms with Crippen molar-refractivity contribution in [3.63, 3.8) is 0 Å². The molecule has 20 heteroatoms.